The first-order valence-corrected chi connectivity index (χ1v) is 9.97. The molecule has 0 aliphatic carbocycles. The van der Waals surface area contributed by atoms with Crippen molar-refractivity contribution in [1.82, 2.24) is 5.32 Å². The summed E-state index contributed by atoms with van der Waals surface area (Å²) in [5.74, 6) is 0.281. The van der Waals surface area contributed by atoms with Crippen LogP contribution in [-0.2, 0) is 9.59 Å². The van der Waals surface area contributed by atoms with Crippen LogP contribution in [-0.4, -0.2) is 43.4 Å². The summed E-state index contributed by atoms with van der Waals surface area (Å²) in [4.78, 5) is 38.7. The van der Waals surface area contributed by atoms with Crippen molar-refractivity contribution in [1.29, 1.82) is 0 Å². The average molecular weight is 410 g/mol. The van der Waals surface area contributed by atoms with E-state index < -0.39 is 0 Å². The van der Waals surface area contributed by atoms with Crippen LogP contribution in [0.5, 0.6) is 11.5 Å². The number of para-hydroxylation sites is 1. The molecule has 1 atom stereocenters. The van der Waals surface area contributed by atoms with Gasteiger partial charge in [0, 0.05) is 11.6 Å². The van der Waals surface area contributed by atoms with Crippen molar-refractivity contribution in [2.75, 3.05) is 24.7 Å². The van der Waals surface area contributed by atoms with E-state index in [4.69, 9.17) is 9.47 Å². The SMILES string of the molecule is CCC(C)NC(=O)CN1C(=O)COc2ccc(C(=O)COc3ccccc3C)cc21. The highest BCUT2D eigenvalue weighted by atomic mass is 16.5. The summed E-state index contributed by atoms with van der Waals surface area (Å²) in [6.07, 6.45) is 0.791. The van der Waals surface area contributed by atoms with E-state index in [1.54, 1.807) is 24.3 Å². The third kappa shape index (κ3) is 4.97. The maximum Gasteiger partial charge on any atom is 0.265 e. The fourth-order valence-electron chi connectivity index (χ4n) is 3.06. The van der Waals surface area contributed by atoms with Gasteiger partial charge in [0.15, 0.2) is 19.0 Å². The number of fused-ring (bicyclic) bond motifs is 1. The van der Waals surface area contributed by atoms with Gasteiger partial charge >= 0.3 is 0 Å². The number of Topliss-reactive ketones (excluding diaryl/α,β-unsaturated/α-hetero) is 1. The number of benzene rings is 2. The fraction of sp³-hybridized carbons (Fsp3) is 0.348. The Morgan fingerprint density at radius 3 is 2.73 bits per heavy atom. The van der Waals surface area contributed by atoms with Crippen LogP contribution in [0.1, 0.15) is 36.2 Å². The van der Waals surface area contributed by atoms with Crippen molar-refractivity contribution in [3.8, 4) is 11.5 Å². The molecule has 0 spiro atoms. The lowest BCUT2D eigenvalue weighted by molar-refractivity contribution is -0.125. The van der Waals surface area contributed by atoms with Gasteiger partial charge in [-0.3, -0.25) is 19.3 Å². The first-order chi connectivity index (χ1) is 14.4. The largest absolute Gasteiger partial charge is 0.485 e. The van der Waals surface area contributed by atoms with E-state index in [0.717, 1.165) is 12.0 Å². The molecule has 1 heterocycles. The summed E-state index contributed by atoms with van der Waals surface area (Å²) >= 11 is 0. The number of hydrogen-bond acceptors (Lipinski definition) is 5. The first-order valence-electron chi connectivity index (χ1n) is 9.97. The molecule has 1 aliphatic rings. The molecule has 3 rings (SSSR count). The molecule has 0 bridgehead atoms. The number of carbonyl (C=O) groups excluding carboxylic acids is 3. The van der Waals surface area contributed by atoms with Crippen molar-refractivity contribution in [2.45, 2.75) is 33.2 Å². The van der Waals surface area contributed by atoms with Gasteiger partial charge in [-0.2, -0.15) is 0 Å². The maximum absolute atomic E-state index is 12.7. The Balaban J connectivity index is 1.75. The fourth-order valence-corrected chi connectivity index (χ4v) is 3.06. The lowest BCUT2D eigenvalue weighted by Gasteiger charge is -2.29. The van der Waals surface area contributed by atoms with E-state index in [1.807, 2.05) is 39.0 Å². The number of nitrogens with one attached hydrogen (secondary N) is 1. The molecule has 2 aromatic rings. The lowest BCUT2D eigenvalue weighted by atomic mass is 10.1. The predicted octanol–water partition coefficient (Wildman–Crippen LogP) is 2.90. The zero-order valence-corrected chi connectivity index (χ0v) is 17.4. The number of anilines is 1. The van der Waals surface area contributed by atoms with Gasteiger partial charge < -0.3 is 14.8 Å². The zero-order chi connectivity index (χ0) is 21.7. The number of rotatable bonds is 8. The summed E-state index contributed by atoms with van der Waals surface area (Å²) in [5, 5.41) is 2.85. The minimum absolute atomic E-state index is 0.0135. The highest BCUT2D eigenvalue weighted by molar-refractivity contribution is 6.04. The molecule has 2 amide bonds. The molecule has 0 saturated carbocycles. The van der Waals surface area contributed by atoms with E-state index in [9.17, 15) is 14.4 Å². The zero-order valence-electron chi connectivity index (χ0n) is 17.4. The van der Waals surface area contributed by atoms with Crippen molar-refractivity contribution in [3.63, 3.8) is 0 Å². The second-order valence-electron chi connectivity index (χ2n) is 7.31. The Kier molecular flexibility index (Phi) is 6.72. The van der Waals surface area contributed by atoms with Crippen LogP contribution in [0, 0.1) is 6.92 Å². The highest BCUT2D eigenvalue weighted by Crippen LogP contribution is 2.33. The van der Waals surface area contributed by atoms with Crippen LogP contribution in [0.15, 0.2) is 42.5 Å². The van der Waals surface area contributed by atoms with Gasteiger partial charge in [0.25, 0.3) is 5.91 Å². The summed E-state index contributed by atoms with van der Waals surface area (Å²) in [5.41, 5.74) is 1.73. The topological polar surface area (TPSA) is 84.9 Å². The average Bonchev–Trinajstić information content (AvgIpc) is 2.74. The molecule has 30 heavy (non-hydrogen) atoms. The molecule has 0 saturated heterocycles. The lowest BCUT2D eigenvalue weighted by Crippen LogP contribution is -2.46. The highest BCUT2D eigenvalue weighted by Gasteiger charge is 2.28. The molecule has 2 aromatic carbocycles. The minimum atomic E-state index is -0.331. The van der Waals surface area contributed by atoms with Crippen LogP contribution in [0.2, 0.25) is 0 Å². The number of aryl methyl sites for hydroxylation is 1. The first kappa shape index (κ1) is 21.4. The quantitative estimate of drug-likeness (QED) is 0.677. The molecule has 7 heteroatoms. The van der Waals surface area contributed by atoms with Crippen LogP contribution in [0.3, 0.4) is 0 Å². The summed E-state index contributed by atoms with van der Waals surface area (Å²) < 4.78 is 11.1. The van der Waals surface area contributed by atoms with Crippen LogP contribution in [0.4, 0.5) is 5.69 Å². The van der Waals surface area contributed by atoms with Gasteiger partial charge in [-0.15, -0.1) is 0 Å². The van der Waals surface area contributed by atoms with Gasteiger partial charge in [0.05, 0.1) is 5.69 Å². The Bertz CT molecular complexity index is 956. The standard InChI is InChI=1S/C23H26N2O5/c1-4-16(3)24-22(27)12-25-18-11-17(9-10-21(18)30-14-23(25)28)19(26)13-29-20-8-6-5-7-15(20)2/h5-11,16H,4,12-14H2,1-3H3,(H,24,27). The minimum Gasteiger partial charge on any atom is -0.485 e. The Hall–Kier alpha value is -3.35. The van der Waals surface area contributed by atoms with Gasteiger partial charge in [0.1, 0.15) is 18.0 Å². The third-order valence-electron chi connectivity index (χ3n) is 5.00. The van der Waals surface area contributed by atoms with E-state index in [1.165, 1.54) is 4.90 Å². The maximum atomic E-state index is 12.7. The van der Waals surface area contributed by atoms with Gasteiger partial charge in [-0.25, -0.2) is 0 Å². The van der Waals surface area contributed by atoms with Crippen LogP contribution < -0.4 is 19.7 Å². The number of ether oxygens (including phenoxy) is 2. The summed E-state index contributed by atoms with van der Waals surface area (Å²) in [6.45, 7) is 5.37. The molecule has 1 unspecified atom stereocenters. The van der Waals surface area contributed by atoms with Crippen molar-refractivity contribution < 1.29 is 23.9 Å². The smallest absolute Gasteiger partial charge is 0.265 e. The second kappa shape index (κ2) is 9.43. The molecule has 158 valence electrons. The van der Waals surface area contributed by atoms with Crippen LogP contribution in [0.25, 0.3) is 0 Å². The number of hydrogen-bond donors (Lipinski definition) is 1. The molecule has 0 fully saturated rings. The number of nitrogens with zero attached hydrogens (tertiary/aromatic N) is 1. The molecule has 7 nitrogen and oxygen atoms in total. The van der Waals surface area contributed by atoms with Crippen molar-refractivity contribution in [3.05, 3.63) is 53.6 Å². The van der Waals surface area contributed by atoms with E-state index in [0.29, 0.717) is 22.7 Å². The van der Waals surface area contributed by atoms with E-state index in [2.05, 4.69) is 5.32 Å². The summed E-state index contributed by atoms with van der Waals surface area (Å²) in [7, 11) is 0. The van der Waals surface area contributed by atoms with E-state index in [-0.39, 0.29) is 43.4 Å². The molecule has 1 N–H and O–H groups in total. The van der Waals surface area contributed by atoms with Gasteiger partial charge in [-0.05, 0) is 50.1 Å². The Morgan fingerprint density at radius 1 is 1.23 bits per heavy atom. The Morgan fingerprint density at radius 2 is 2.00 bits per heavy atom. The third-order valence-corrected chi connectivity index (χ3v) is 5.00. The predicted molar refractivity (Wildman–Crippen MR) is 113 cm³/mol. The molecule has 0 aromatic heterocycles. The second-order valence-corrected chi connectivity index (χ2v) is 7.31. The van der Waals surface area contributed by atoms with Gasteiger partial charge in [0.2, 0.25) is 5.91 Å². The van der Waals surface area contributed by atoms with Crippen molar-refractivity contribution in [2.24, 2.45) is 0 Å². The summed E-state index contributed by atoms with van der Waals surface area (Å²) in [6, 6.07) is 12.3. The van der Waals surface area contributed by atoms with Gasteiger partial charge in [-0.1, -0.05) is 25.1 Å². The Labute approximate surface area is 176 Å². The van der Waals surface area contributed by atoms with Crippen molar-refractivity contribution >= 4 is 23.3 Å². The molecular formula is C23H26N2O5. The number of carbonyl (C=O) groups is 3. The number of amides is 2. The molecular weight excluding hydrogens is 384 g/mol. The van der Waals surface area contributed by atoms with E-state index >= 15 is 0 Å². The molecule has 0 radical (unpaired) electrons. The molecule has 1 aliphatic heterocycles. The monoisotopic (exact) mass is 410 g/mol. The normalized spacial score (nSPS) is 13.8. The van der Waals surface area contributed by atoms with Crippen LogP contribution >= 0.6 is 0 Å². The number of ketones is 1.